The van der Waals surface area contributed by atoms with Crippen molar-refractivity contribution >= 4 is 46.5 Å². The number of alkyl halides is 1. The molecular formula is C15H20Cl2N4O2. The molecule has 1 saturated heterocycles. The number of carbonyl (C=O) groups excluding carboxylic acids is 1. The Hall–Kier alpha value is -1.66. The monoisotopic (exact) mass is 358 g/mol. The summed E-state index contributed by atoms with van der Waals surface area (Å²) in [7, 11) is 0. The number of nitrogens with two attached hydrogens (primary N) is 1. The van der Waals surface area contributed by atoms with E-state index in [1.165, 1.54) is 0 Å². The minimum Gasteiger partial charge on any atom is -0.450 e. The highest BCUT2D eigenvalue weighted by Crippen LogP contribution is 2.36. The van der Waals surface area contributed by atoms with E-state index in [-0.39, 0.29) is 12.0 Å². The Morgan fingerprint density at radius 2 is 2.04 bits per heavy atom. The van der Waals surface area contributed by atoms with Crippen LogP contribution in [0.5, 0.6) is 0 Å². The van der Waals surface area contributed by atoms with E-state index in [2.05, 4.69) is 9.89 Å². The first-order chi connectivity index (χ1) is 11.1. The van der Waals surface area contributed by atoms with Crippen LogP contribution in [0.1, 0.15) is 6.92 Å². The van der Waals surface area contributed by atoms with Crippen molar-refractivity contribution in [1.82, 2.24) is 4.90 Å². The van der Waals surface area contributed by atoms with Gasteiger partial charge in [0.2, 0.25) is 0 Å². The molecule has 1 fully saturated rings. The van der Waals surface area contributed by atoms with Crippen molar-refractivity contribution in [2.75, 3.05) is 43.6 Å². The number of hydrogen-bond acceptors (Lipinski definition) is 4. The number of amidine groups is 1. The molecule has 0 unspecified atom stereocenters. The number of carbonyl (C=O) groups is 1. The molecule has 1 aliphatic rings. The maximum atomic E-state index is 11.8. The van der Waals surface area contributed by atoms with E-state index in [1.807, 2.05) is 18.2 Å². The molecule has 2 N–H and O–H groups in total. The van der Waals surface area contributed by atoms with E-state index in [0.29, 0.717) is 49.3 Å². The normalized spacial score (nSPS) is 15.7. The first kappa shape index (κ1) is 17.7. The van der Waals surface area contributed by atoms with Crippen LogP contribution in [0.15, 0.2) is 23.2 Å². The molecule has 2 rings (SSSR count). The summed E-state index contributed by atoms with van der Waals surface area (Å²) in [6, 6.07) is 5.48. The number of amides is 1. The lowest BCUT2D eigenvalue weighted by Gasteiger charge is -2.36. The van der Waals surface area contributed by atoms with E-state index in [1.54, 1.807) is 11.8 Å². The van der Waals surface area contributed by atoms with Gasteiger partial charge in [-0.25, -0.2) is 9.79 Å². The molecule has 1 aromatic rings. The molecule has 0 radical (unpaired) electrons. The summed E-state index contributed by atoms with van der Waals surface area (Å²) in [5.74, 6) is 0.489. The quantitative estimate of drug-likeness (QED) is 0.510. The molecule has 1 heterocycles. The predicted octanol–water partition coefficient (Wildman–Crippen LogP) is 2.85. The summed E-state index contributed by atoms with van der Waals surface area (Å²) in [5.41, 5.74) is 7.23. The Morgan fingerprint density at radius 3 is 2.65 bits per heavy atom. The first-order valence-electron chi connectivity index (χ1n) is 7.41. The number of rotatable bonds is 4. The molecule has 8 heteroatoms. The van der Waals surface area contributed by atoms with E-state index in [4.69, 9.17) is 33.7 Å². The second kappa shape index (κ2) is 8.26. The molecule has 1 aliphatic heterocycles. The third-order valence-electron chi connectivity index (χ3n) is 3.49. The molecule has 6 nitrogen and oxygen atoms in total. The van der Waals surface area contributed by atoms with Gasteiger partial charge in [0.1, 0.15) is 5.84 Å². The van der Waals surface area contributed by atoms with Gasteiger partial charge < -0.3 is 20.3 Å². The van der Waals surface area contributed by atoms with Gasteiger partial charge in [-0.3, -0.25) is 0 Å². The van der Waals surface area contributed by atoms with Gasteiger partial charge in [-0.1, -0.05) is 17.7 Å². The number of aliphatic imine (C=N–C) groups is 1. The van der Waals surface area contributed by atoms with E-state index in [0.717, 1.165) is 5.69 Å². The molecule has 0 saturated carbocycles. The van der Waals surface area contributed by atoms with Crippen molar-refractivity contribution < 1.29 is 9.53 Å². The third-order valence-corrected chi connectivity index (χ3v) is 4.07. The zero-order valence-corrected chi connectivity index (χ0v) is 14.5. The molecule has 0 spiro atoms. The predicted molar refractivity (Wildman–Crippen MR) is 94.3 cm³/mol. The van der Waals surface area contributed by atoms with Gasteiger partial charge in [0.25, 0.3) is 0 Å². The van der Waals surface area contributed by atoms with Gasteiger partial charge in [0, 0.05) is 26.2 Å². The lowest BCUT2D eigenvalue weighted by molar-refractivity contribution is 0.105. The second-order valence-electron chi connectivity index (χ2n) is 5.02. The van der Waals surface area contributed by atoms with E-state index in [9.17, 15) is 4.79 Å². The van der Waals surface area contributed by atoms with Crippen LogP contribution in [0, 0.1) is 0 Å². The van der Waals surface area contributed by atoms with Gasteiger partial charge in [-0.15, -0.1) is 11.6 Å². The minimum atomic E-state index is -0.282. The Bertz CT molecular complexity index is 587. The number of piperazine rings is 1. The fourth-order valence-electron chi connectivity index (χ4n) is 2.42. The molecule has 126 valence electrons. The number of halogens is 2. The zero-order chi connectivity index (χ0) is 16.8. The Morgan fingerprint density at radius 1 is 1.35 bits per heavy atom. The number of para-hydroxylation sites is 1. The molecule has 1 amide bonds. The van der Waals surface area contributed by atoms with Crippen molar-refractivity contribution in [1.29, 1.82) is 0 Å². The van der Waals surface area contributed by atoms with Crippen LogP contribution in [-0.4, -0.2) is 55.5 Å². The largest absolute Gasteiger partial charge is 0.450 e. The van der Waals surface area contributed by atoms with Crippen LogP contribution in [0.4, 0.5) is 16.2 Å². The van der Waals surface area contributed by atoms with Crippen LogP contribution < -0.4 is 10.6 Å². The highest BCUT2D eigenvalue weighted by molar-refractivity contribution is 6.34. The highest BCUT2D eigenvalue weighted by atomic mass is 35.5. The van der Waals surface area contributed by atoms with Crippen LogP contribution in [0.25, 0.3) is 0 Å². The van der Waals surface area contributed by atoms with Gasteiger partial charge in [0.05, 0.1) is 28.9 Å². The van der Waals surface area contributed by atoms with Gasteiger partial charge in [-0.2, -0.15) is 0 Å². The maximum absolute atomic E-state index is 11.8. The van der Waals surface area contributed by atoms with E-state index >= 15 is 0 Å². The van der Waals surface area contributed by atoms with E-state index < -0.39 is 0 Å². The summed E-state index contributed by atoms with van der Waals surface area (Å²) in [6.45, 7) is 4.59. The second-order valence-corrected chi connectivity index (χ2v) is 5.69. The summed E-state index contributed by atoms with van der Waals surface area (Å²) in [6.07, 6.45) is -0.282. The SMILES string of the molecule is CCOC(=O)N1CCN(c2c(Cl)cccc2N=C(N)CCl)CC1. The standard InChI is InChI=1S/C15H20Cl2N4O2/c1-2-23-15(22)21-8-6-20(7-9-21)14-11(17)4-3-5-12(14)19-13(18)10-16/h3-5H,2,6-10H2,1H3,(H2,18,19). The van der Waals surface area contributed by atoms with Crippen molar-refractivity contribution in [3.8, 4) is 0 Å². The molecule has 0 bridgehead atoms. The molecule has 0 atom stereocenters. The fraction of sp³-hybridized carbons (Fsp3) is 0.467. The van der Waals surface area contributed by atoms with Crippen LogP contribution in [-0.2, 0) is 4.74 Å². The van der Waals surface area contributed by atoms with Crippen LogP contribution >= 0.6 is 23.2 Å². The number of anilines is 1. The lowest BCUT2D eigenvalue weighted by atomic mass is 10.2. The molecule has 1 aromatic carbocycles. The summed E-state index contributed by atoms with van der Waals surface area (Å²) >= 11 is 12.1. The molecule has 23 heavy (non-hydrogen) atoms. The number of nitrogens with zero attached hydrogens (tertiary/aromatic N) is 3. The van der Waals surface area contributed by atoms with Gasteiger partial charge in [0.15, 0.2) is 0 Å². The number of hydrogen-bond donors (Lipinski definition) is 1. The van der Waals surface area contributed by atoms with Crippen molar-refractivity contribution in [2.24, 2.45) is 10.7 Å². The van der Waals surface area contributed by atoms with Crippen molar-refractivity contribution in [2.45, 2.75) is 6.92 Å². The summed E-state index contributed by atoms with van der Waals surface area (Å²) in [5, 5.41) is 0.596. The molecule has 0 aromatic heterocycles. The molecular weight excluding hydrogens is 339 g/mol. The smallest absolute Gasteiger partial charge is 0.409 e. The van der Waals surface area contributed by atoms with Gasteiger partial charge in [-0.05, 0) is 19.1 Å². The summed E-state index contributed by atoms with van der Waals surface area (Å²) < 4.78 is 5.03. The Balaban J connectivity index is 2.16. The summed E-state index contributed by atoms with van der Waals surface area (Å²) in [4.78, 5) is 19.9. The Labute approximate surface area is 145 Å². The van der Waals surface area contributed by atoms with Crippen molar-refractivity contribution in [3.63, 3.8) is 0 Å². The fourth-order valence-corrected chi connectivity index (χ4v) is 2.77. The zero-order valence-electron chi connectivity index (χ0n) is 13.0. The Kier molecular flexibility index (Phi) is 6.36. The van der Waals surface area contributed by atoms with Crippen LogP contribution in [0.3, 0.4) is 0 Å². The van der Waals surface area contributed by atoms with Crippen molar-refractivity contribution in [3.05, 3.63) is 23.2 Å². The maximum Gasteiger partial charge on any atom is 0.409 e. The van der Waals surface area contributed by atoms with Crippen LogP contribution in [0.2, 0.25) is 5.02 Å². The number of ether oxygens (including phenoxy) is 1. The average Bonchev–Trinajstić information content (AvgIpc) is 2.55. The average molecular weight is 359 g/mol. The third kappa shape index (κ3) is 4.42. The van der Waals surface area contributed by atoms with Gasteiger partial charge >= 0.3 is 6.09 Å². The lowest BCUT2D eigenvalue weighted by Crippen LogP contribution is -2.49. The highest BCUT2D eigenvalue weighted by Gasteiger charge is 2.24. The first-order valence-corrected chi connectivity index (χ1v) is 8.32. The molecule has 0 aliphatic carbocycles. The number of benzene rings is 1. The minimum absolute atomic E-state index is 0.155. The topological polar surface area (TPSA) is 71.2 Å².